The summed E-state index contributed by atoms with van der Waals surface area (Å²) in [5.74, 6) is 0.588. The number of rotatable bonds is 4. The van der Waals surface area contributed by atoms with Crippen LogP contribution in [0.2, 0.25) is 0 Å². The molecule has 1 atom stereocenters. The molecule has 0 aliphatic heterocycles. The summed E-state index contributed by atoms with van der Waals surface area (Å²) in [6.45, 7) is 6.54. The Morgan fingerprint density at radius 2 is 2.16 bits per heavy atom. The average Bonchev–Trinajstić information content (AvgIpc) is 2.68. The first-order valence-electron chi connectivity index (χ1n) is 6.09. The summed E-state index contributed by atoms with van der Waals surface area (Å²) in [5.41, 5.74) is 2.99. The fourth-order valence-electron chi connectivity index (χ4n) is 2.14. The van der Waals surface area contributed by atoms with E-state index in [1.807, 2.05) is 13.8 Å². The third-order valence-corrected chi connectivity index (χ3v) is 3.87. The van der Waals surface area contributed by atoms with Crippen LogP contribution >= 0.6 is 15.9 Å². The second-order valence-corrected chi connectivity index (χ2v) is 5.43. The summed E-state index contributed by atoms with van der Waals surface area (Å²) >= 11 is 3.36. The van der Waals surface area contributed by atoms with Crippen molar-refractivity contribution in [1.82, 2.24) is 10.5 Å². The first-order valence-corrected chi connectivity index (χ1v) is 6.88. The van der Waals surface area contributed by atoms with Crippen LogP contribution in [-0.4, -0.2) is 5.16 Å². The lowest BCUT2D eigenvalue weighted by Crippen LogP contribution is -2.19. The van der Waals surface area contributed by atoms with Gasteiger partial charge >= 0.3 is 0 Å². The SMILES string of the molecule is Cc1noc(C)c1C(C)NCc1ccc(F)cc1Br. The van der Waals surface area contributed by atoms with Crippen molar-refractivity contribution in [1.29, 1.82) is 0 Å². The summed E-state index contributed by atoms with van der Waals surface area (Å²) in [6, 6.07) is 4.83. The highest BCUT2D eigenvalue weighted by atomic mass is 79.9. The van der Waals surface area contributed by atoms with Crippen LogP contribution in [0.1, 0.15) is 35.5 Å². The summed E-state index contributed by atoms with van der Waals surface area (Å²) in [5, 5.41) is 7.34. The molecule has 2 aromatic rings. The Bertz CT molecular complexity index is 563. The van der Waals surface area contributed by atoms with Gasteiger partial charge in [-0.25, -0.2) is 4.39 Å². The van der Waals surface area contributed by atoms with E-state index in [1.54, 1.807) is 6.07 Å². The van der Waals surface area contributed by atoms with Gasteiger partial charge in [0.2, 0.25) is 0 Å². The quantitative estimate of drug-likeness (QED) is 0.921. The van der Waals surface area contributed by atoms with E-state index in [-0.39, 0.29) is 11.9 Å². The molecule has 3 nitrogen and oxygen atoms in total. The molecule has 0 aliphatic carbocycles. The molecule has 0 saturated carbocycles. The Morgan fingerprint density at radius 1 is 1.42 bits per heavy atom. The van der Waals surface area contributed by atoms with Crippen LogP contribution in [0.15, 0.2) is 27.2 Å². The summed E-state index contributed by atoms with van der Waals surface area (Å²) < 4.78 is 18.9. The first kappa shape index (κ1) is 14.2. The zero-order chi connectivity index (χ0) is 14.0. The van der Waals surface area contributed by atoms with E-state index in [9.17, 15) is 4.39 Å². The summed E-state index contributed by atoms with van der Waals surface area (Å²) in [4.78, 5) is 0. The Balaban J connectivity index is 2.06. The van der Waals surface area contributed by atoms with Crippen molar-refractivity contribution >= 4 is 15.9 Å². The average molecular weight is 327 g/mol. The van der Waals surface area contributed by atoms with E-state index in [4.69, 9.17) is 4.52 Å². The lowest BCUT2D eigenvalue weighted by Gasteiger charge is -2.14. The van der Waals surface area contributed by atoms with Crippen LogP contribution in [0.4, 0.5) is 4.39 Å². The minimum atomic E-state index is -0.241. The van der Waals surface area contributed by atoms with Crippen molar-refractivity contribution in [2.45, 2.75) is 33.4 Å². The lowest BCUT2D eigenvalue weighted by atomic mass is 10.1. The highest BCUT2D eigenvalue weighted by Gasteiger charge is 2.16. The molecule has 1 unspecified atom stereocenters. The zero-order valence-electron chi connectivity index (χ0n) is 11.1. The molecular formula is C14H16BrFN2O. The number of hydrogen-bond donors (Lipinski definition) is 1. The second kappa shape index (κ2) is 5.84. The fourth-order valence-corrected chi connectivity index (χ4v) is 2.63. The molecule has 0 spiro atoms. The van der Waals surface area contributed by atoms with Crippen LogP contribution < -0.4 is 5.32 Å². The third-order valence-electron chi connectivity index (χ3n) is 3.14. The third kappa shape index (κ3) is 3.22. The number of benzene rings is 1. The normalized spacial score (nSPS) is 12.7. The zero-order valence-corrected chi connectivity index (χ0v) is 12.7. The molecule has 1 N–H and O–H groups in total. The van der Waals surface area contributed by atoms with Gasteiger partial charge in [-0.3, -0.25) is 0 Å². The molecule has 0 bridgehead atoms. The molecular weight excluding hydrogens is 311 g/mol. The minimum absolute atomic E-state index is 0.128. The van der Waals surface area contributed by atoms with Crippen LogP contribution in [0, 0.1) is 19.7 Å². The molecule has 0 fully saturated rings. The van der Waals surface area contributed by atoms with Crippen molar-refractivity contribution in [3.8, 4) is 0 Å². The van der Waals surface area contributed by atoms with Crippen molar-refractivity contribution in [2.75, 3.05) is 0 Å². The summed E-state index contributed by atoms with van der Waals surface area (Å²) in [7, 11) is 0. The number of nitrogens with one attached hydrogen (secondary N) is 1. The number of hydrogen-bond acceptors (Lipinski definition) is 3. The van der Waals surface area contributed by atoms with Crippen LogP contribution in [0.3, 0.4) is 0 Å². The van der Waals surface area contributed by atoms with Crippen LogP contribution in [0.25, 0.3) is 0 Å². The molecule has 5 heteroatoms. The Morgan fingerprint density at radius 3 is 2.74 bits per heavy atom. The van der Waals surface area contributed by atoms with Gasteiger partial charge in [-0.05, 0) is 38.5 Å². The van der Waals surface area contributed by atoms with Crippen molar-refractivity contribution in [2.24, 2.45) is 0 Å². The molecule has 1 heterocycles. The number of aromatic nitrogens is 1. The predicted octanol–water partition coefficient (Wildman–Crippen LogP) is 4.04. The van der Waals surface area contributed by atoms with Crippen LogP contribution in [-0.2, 0) is 6.54 Å². The highest BCUT2D eigenvalue weighted by Crippen LogP contribution is 2.23. The molecule has 2 rings (SSSR count). The Labute approximate surface area is 120 Å². The maximum absolute atomic E-state index is 13.0. The number of nitrogens with zero attached hydrogens (tertiary/aromatic N) is 1. The Hall–Kier alpha value is -1.20. The van der Waals surface area contributed by atoms with E-state index in [2.05, 4.69) is 33.3 Å². The molecule has 0 saturated heterocycles. The van der Waals surface area contributed by atoms with Gasteiger partial charge in [-0.15, -0.1) is 0 Å². The van der Waals surface area contributed by atoms with E-state index in [0.717, 1.165) is 27.1 Å². The maximum Gasteiger partial charge on any atom is 0.138 e. The van der Waals surface area contributed by atoms with Gasteiger partial charge in [-0.2, -0.15) is 0 Å². The number of aryl methyl sites for hydroxylation is 2. The molecule has 0 amide bonds. The van der Waals surface area contributed by atoms with Crippen molar-refractivity contribution in [3.05, 3.63) is 51.1 Å². The van der Waals surface area contributed by atoms with Gasteiger partial charge in [0, 0.05) is 22.6 Å². The van der Waals surface area contributed by atoms with Gasteiger partial charge in [0.05, 0.1) is 5.69 Å². The predicted molar refractivity (Wildman–Crippen MR) is 75.3 cm³/mol. The van der Waals surface area contributed by atoms with E-state index in [1.165, 1.54) is 12.1 Å². The molecule has 0 aliphatic rings. The maximum atomic E-state index is 13.0. The molecule has 0 radical (unpaired) electrons. The topological polar surface area (TPSA) is 38.1 Å². The molecule has 19 heavy (non-hydrogen) atoms. The van der Waals surface area contributed by atoms with Crippen LogP contribution in [0.5, 0.6) is 0 Å². The van der Waals surface area contributed by atoms with Crippen molar-refractivity contribution < 1.29 is 8.91 Å². The van der Waals surface area contributed by atoms with Gasteiger partial charge < -0.3 is 9.84 Å². The molecule has 1 aromatic carbocycles. The van der Waals surface area contributed by atoms with Gasteiger partial charge in [-0.1, -0.05) is 27.2 Å². The van der Waals surface area contributed by atoms with Gasteiger partial charge in [0.15, 0.2) is 0 Å². The van der Waals surface area contributed by atoms with E-state index >= 15 is 0 Å². The molecule has 102 valence electrons. The van der Waals surface area contributed by atoms with E-state index < -0.39 is 0 Å². The lowest BCUT2D eigenvalue weighted by molar-refractivity contribution is 0.390. The second-order valence-electron chi connectivity index (χ2n) is 4.58. The monoisotopic (exact) mass is 326 g/mol. The standard InChI is InChI=1S/C14H16BrFN2O/c1-8(14-9(2)18-19-10(14)3)17-7-11-4-5-12(16)6-13(11)15/h4-6,8,17H,7H2,1-3H3. The number of halogens is 2. The fraction of sp³-hybridized carbons (Fsp3) is 0.357. The smallest absolute Gasteiger partial charge is 0.138 e. The van der Waals surface area contributed by atoms with E-state index in [0.29, 0.717) is 6.54 Å². The Kier molecular flexibility index (Phi) is 4.37. The van der Waals surface area contributed by atoms with Crippen molar-refractivity contribution in [3.63, 3.8) is 0 Å². The molecule has 1 aromatic heterocycles. The minimum Gasteiger partial charge on any atom is -0.361 e. The first-order chi connectivity index (χ1) is 8.99. The van der Waals surface area contributed by atoms with Gasteiger partial charge in [0.1, 0.15) is 11.6 Å². The van der Waals surface area contributed by atoms with Gasteiger partial charge in [0.25, 0.3) is 0 Å². The highest BCUT2D eigenvalue weighted by molar-refractivity contribution is 9.10. The summed E-state index contributed by atoms with van der Waals surface area (Å²) in [6.07, 6.45) is 0. The largest absolute Gasteiger partial charge is 0.361 e.